The summed E-state index contributed by atoms with van der Waals surface area (Å²) < 4.78 is 22.0. The highest BCUT2D eigenvalue weighted by Gasteiger charge is 2.24. The van der Waals surface area contributed by atoms with Crippen molar-refractivity contribution < 1.29 is 13.9 Å². The Balaban J connectivity index is 2.30. The highest BCUT2D eigenvalue weighted by Crippen LogP contribution is 2.16. The molecule has 1 fully saturated rings. The number of hydrogen-bond donors (Lipinski definition) is 0. The van der Waals surface area contributed by atoms with Crippen molar-refractivity contribution in [1.82, 2.24) is 0 Å². The van der Waals surface area contributed by atoms with Crippen LogP contribution >= 0.6 is 0 Å². The van der Waals surface area contributed by atoms with E-state index in [1.807, 2.05) is 0 Å². The van der Waals surface area contributed by atoms with Gasteiger partial charge in [-0.15, -0.1) is 0 Å². The summed E-state index contributed by atoms with van der Waals surface area (Å²) in [6, 6.07) is 0. The molecule has 0 aromatic heterocycles. The molecule has 1 heterocycles. The summed E-state index contributed by atoms with van der Waals surface area (Å²) in [5.41, 5.74) is 0. The van der Waals surface area contributed by atoms with Crippen LogP contribution in [0.4, 0.5) is 4.39 Å². The fraction of sp³-hybridized carbons (Fsp3) is 1.00. The first-order valence-electron chi connectivity index (χ1n) is 3.13. The second-order valence-electron chi connectivity index (χ2n) is 2.14. The second-order valence-corrected chi connectivity index (χ2v) is 2.14. The molecule has 0 N–H and O–H groups in total. The van der Waals surface area contributed by atoms with Crippen LogP contribution in [0.2, 0.25) is 0 Å². The topological polar surface area (TPSA) is 18.5 Å². The van der Waals surface area contributed by atoms with Gasteiger partial charge >= 0.3 is 0 Å². The standard InChI is InChI=1S/C6H11FO2/c1-8-5-3-2-4-9-6(5)7/h5-6H,2-4H2,1H3. The largest absolute Gasteiger partial charge is 0.376 e. The van der Waals surface area contributed by atoms with Crippen LogP contribution in [-0.2, 0) is 9.47 Å². The Morgan fingerprint density at radius 3 is 2.89 bits per heavy atom. The smallest absolute Gasteiger partial charge is 0.225 e. The summed E-state index contributed by atoms with van der Waals surface area (Å²) in [4.78, 5) is 0. The highest BCUT2D eigenvalue weighted by molar-refractivity contribution is 4.65. The average Bonchev–Trinajstić information content (AvgIpc) is 1.89. The van der Waals surface area contributed by atoms with Crippen molar-refractivity contribution in [2.45, 2.75) is 25.3 Å². The Morgan fingerprint density at radius 2 is 2.44 bits per heavy atom. The monoisotopic (exact) mass is 134 g/mol. The predicted octanol–water partition coefficient (Wildman–Crippen LogP) is 1.11. The van der Waals surface area contributed by atoms with Crippen molar-refractivity contribution in [2.75, 3.05) is 13.7 Å². The molecule has 1 aliphatic heterocycles. The van der Waals surface area contributed by atoms with E-state index in [1.165, 1.54) is 7.11 Å². The molecule has 2 unspecified atom stereocenters. The lowest BCUT2D eigenvalue weighted by molar-refractivity contribution is -0.152. The van der Waals surface area contributed by atoms with Gasteiger partial charge in [0.15, 0.2) is 0 Å². The first-order valence-corrected chi connectivity index (χ1v) is 3.13. The van der Waals surface area contributed by atoms with Gasteiger partial charge in [-0.25, -0.2) is 4.39 Å². The number of methoxy groups -OCH3 is 1. The molecule has 0 aliphatic carbocycles. The molecule has 1 rings (SSSR count). The molecular weight excluding hydrogens is 123 g/mol. The SMILES string of the molecule is COC1CCCOC1F. The maximum Gasteiger partial charge on any atom is 0.225 e. The summed E-state index contributed by atoms with van der Waals surface area (Å²) in [6.45, 7) is 0.529. The van der Waals surface area contributed by atoms with Crippen LogP contribution in [0.15, 0.2) is 0 Å². The number of rotatable bonds is 1. The van der Waals surface area contributed by atoms with E-state index in [0.717, 1.165) is 12.8 Å². The molecule has 0 aromatic carbocycles. The van der Waals surface area contributed by atoms with Gasteiger partial charge in [0.25, 0.3) is 0 Å². The molecular formula is C6H11FO2. The van der Waals surface area contributed by atoms with Gasteiger partial charge in [0.05, 0.1) is 6.61 Å². The maximum absolute atomic E-state index is 12.5. The van der Waals surface area contributed by atoms with Crippen LogP contribution in [-0.4, -0.2) is 26.2 Å². The van der Waals surface area contributed by atoms with E-state index in [2.05, 4.69) is 4.74 Å². The Labute approximate surface area is 54.0 Å². The summed E-state index contributed by atoms with van der Waals surface area (Å²) in [5, 5.41) is 0. The van der Waals surface area contributed by atoms with Crippen molar-refractivity contribution in [3.8, 4) is 0 Å². The van der Waals surface area contributed by atoms with E-state index < -0.39 is 6.36 Å². The van der Waals surface area contributed by atoms with Gasteiger partial charge in [0.2, 0.25) is 6.36 Å². The number of halogens is 1. The molecule has 0 spiro atoms. The van der Waals surface area contributed by atoms with Crippen molar-refractivity contribution in [2.24, 2.45) is 0 Å². The third-order valence-corrected chi connectivity index (χ3v) is 1.51. The molecule has 3 heteroatoms. The van der Waals surface area contributed by atoms with E-state index in [-0.39, 0.29) is 6.10 Å². The first-order chi connectivity index (χ1) is 4.34. The first kappa shape index (κ1) is 6.96. The molecule has 0 radical (unpaired) electrons. The summed E-state index contributed by atoms with van der Waals surface area (Å²) in [6.07, 6.45) is 0.138. The Bertz CT molecular complexity index is 87.1. The van der Waals surface area contributed by atoms with Gasteiger partial charge in [-0.1, -0.05) is 0 Å². The van der Waals surface area contributed by atoms with Crippen molar-refractivity contribution >= 4 is 0 Å². The van der Waals surface area contributed by atoms with E-state index >= 15 is 0 Å². The van der Waals surface area contributed by atoms with Gasteiger partial charge in [-0.2, -0.15) is 0 Å². The van der Waals surface area contributed by atoms with E-state index in [4.69, 9.17) is 4.74 Å². The van der Waals surface area contributed by atoms with E-state index in [0.29, 0.717) is 6.61 Å². The van der Waals surface area contributed by atoms with Gasteiger partial charge in [-0.3, -0.25) is 0 Å². The molecule has 2 atom stereocenters. The Hall–Kier alpha value is -0.150. The van der Waals surface area contributed by atoms with Crippen LogP contribution < -0.4 is 0 Å². The number of alkyl halides is 1. The average molecular weight is 134 g/mol. The lowest BCUT2D eigenvalue weighted by Gasteiger charge is -2.24. The third-order valence-electron chi connectivity index (χ3n) is 1.51. The molecule has 0 amide bonds. The minimum absolute atomic E-state index is 0.334. The zero-order valence-corrected chi connectivity index (χ0v) is 5.47. The lowest BCUT2D eigenvalue weighted by Crippen LogP contribution is -2.31. The Kier molecular flexibility index (Phi) is 2.42. The van der Waals surface area contributed by atoms with Crippen LogP contribution in [0, 0.1) is 0 Å². The fourth-order valence-electron chi connectivity index (χ4n) is 0.944. The molecule has 0 aromatic rings. The van der Waals surface area contributed by atoms with Gasteiger partial charge in [0.1, 0.15) is 6.10 Å². The molecule has 1 aliphatic rings. The lowest BCUT2D eigenvalue weighted by atomic mass is 10.1. The highest BCUT2D eigenvalue weighted by atomic mass is 19.1. The van der Waals surface area contributed by atoms with E-state index in [9.17, 15) is 4.39 Å². The van der Waals surface area contributed by atoms with Crippen LogP contribution in [0.5, 0.6) is 0 Å². The van der Waals surface area contributed by atoms with Crippen LogP contribution in [0.25, 0.3) is 0 Å². The van der Waals surface area contributed by atoms with Crippen LogP contribution in [0.3, 0.4) is 0 Å². The third kappa shape index (κ3) is 1.63. The quantitative estimate of drug-likeness (QED) is 0.534. The van der Waals surface area contributed by atoms with Gasteiger partial charge in [0, 0.05) is 7.11 Å². The zero-order valence-electron chi connectivity index (χ0n) is 5.47. The Morgan fingerprint density at radius 1 is 1.67 bits per heavy atom. The zero-order chi connectivity index (χ0) is 6.69. The molecule has 9 heavy (non-hydrogen) atoms. The van der Waals surface area contributed by atoms with Gasteiger partial charge < -0.3 is 9.47 Å². The molecule has 0 saturated carbocycles. The fourth-order valence-corrected chi connectivity index (χ4v) is 0.944. The molecule has 1 saturated heterocycles. The minimum Gasteiger partial charge on any atom is -0.376 e. The van der Waals surface area contributed by atoms with Gasteiger partial charge in [-0.05, 0) is 12.8 Å². The normalized spacial score (nSPS) is 36.7. The van der Waals surface area contributed by atoms with Crippen molar-refractivity contribution in [1.29, 1.82) is 0 Å². The van der Waals surface area contributed by atoms with Crippen molar-refractivity contribution in [3.05, 3.63) is 0 Å². The number of hydrogen-bond acceptors (Lipinski definition) is 2. The van der Waals surface area contributed by atoms with Crippen molar-refractivity contribution in [3.63, 3.8) is 0 Å². The molecule has 2 nitrogen and oxygen atoms in total. The number of ether oxygens (including phenoxy) is 2. The molecule has 0 bridgehead atoms. The summed E-state index contributed by atoms with van der Waals surface area (Å²) >= 11 is 0. The maximum atomic E-state index is 12.5. The summed E-state index contributed by atoms with van der Waals surface area (Å²) in [7, 11) is 1.51. The second kappa shape index (κ2) is 3.13. The minimum atomic E-state index is -1.20. The van der Waals surface area contributed by atoms with E-state index in [1.54, 1.807) is 0 Å². The molecule has 54 valence electrons. The predicted molar refractivity (Wildman–Crippen MR) is 30.9 cm³/mol. The van der Waals surface area contributed by atoms with Crippen LogP contribution in [0.1, 0.15) is 12.8 Å². The summed E-state index contributed by atoms with van der Waals surface area (Å²) in [5.74, 6) is 0.